The van der Waals surface area contributed by atoms with Crippen molar-refractivity contribution < 1.29 is 13.6 Å². The van der Waals surface area contributed by atoms with Crippen molar-refractivity contribution in [3.63, 3.8) is 0 Å². The van der Waals surface area contributed by atoms with E-state index in [2.05, 4.69) is 169 Å². The van der Waals surface area contributed by atoms with Crippen LogP contribution >= 0.6 is 7.60 Å². The van der Waals surface area contributed by atoms with Crippen molar-refractivity contribution in [3.05, 3.63) is 163 Å². The molecule has 9 rings (SSSR count). The zero-order chi connectivity index (χ0) is 46.6. The quantitative estimate of drug-likeness (QED) is 0.133. The van der Waals surface area contributed by atoms with Crippen LogP contribution in [0.3, 0.4) is 0 Å². The summed E-state index contributed by atoms with van der Waals surface area (Å²) in [6, 6.07) is 30.6. The molecule has 8 bridgehead atoms. The molecular weight excluding hydrogens is 832 g/mol. The van der Waals surface area contributed by atoms with Crippen LogP contribution in [-0.4, -0.2) is 33.1 Å². The highest BCUT2D eigenvalue weighted by Gasteiger charge is 2.25. The zero-order valence-corrected chi connectivity index (χ0v) is 41.0. The molecule has 0 radical (unpaired) electrons. The molecule has 334 valence electrons. The Morgan fingerprint density at radius 1 is 0.424 bits per heavy atom. The van der Waals surface area contributed by atoms with Crippen LogP contribution in [0, 0.1) is 62.3 Å². The van der Waals surface area contributed by atoms with Crippen LogP contribution < -0.4 is 0 Å². The first-order chi connectivity index (χ1) is 31.6. The third kappa shape index (κ3) is 8.37. The highest BCUT2D eigenvalue weighted by Crippen LogP contribution is 2.51. The summed E-state index contributed by atoms with van der Waals surface area (Å²) in [5.74, 6) is 0. The summed E-state index contributed by atoms with van der Waals surface area (Å²) in [6.45, 7) is 24.0. The molecule has 66 heavy (non-hydrogen) atoms. The number of H-pyrrole nitrogens is 2. The Bertz CT molecular complexity index is 3250. The van der Waals surface area contributed by atoms with Crippen molar-refractivity contribution in [2.45, 2.75) is 82.3 Å². The molecule has 8 heteroatoms. The second-order valence-corrected chi connectivity index (χ2v) is 20.2. The van der Waals surface area contributed by atoms with Gasteiger partial charge in [0.15, 0.2) is 0 Å². The minimum atomic E-state index is -3.31. The van der Waals surface area contributed by atoms with E-state index in [1.807, 2.05) is 26.0 Å². The second-order valence-electron chi connectivity index (χ2n) is 18.1. The van der Waals surface area contributed by atoms with E-state index in [9.17, 15) is 4.57 Å². The summed E-state index contributed by atoms with van der Waals surface area (Å²) in [7, 11) is -3.31. The minimum Gasteiger partial charge on any atom is -0.354 e. The lowest BCUT2D eigenvalue weighted by Crippen LogP contribution is -1.99. The number of nitrogens with one attached hydrogen (secondary N) is 2. The van der Waals surface area contributed by atoms with Gasteiger partial charge in [0.25, 0.3) is 0 Å². The van der Waals surface area contributed by atoms with E-state index >= 15 is 0 Å². The van der Waals surface area contributed by atoms with Gasteiger partial charge in [-0.25, -0.2) is 9.97 Å². The fraction of sp³-hybridized carbons (Fsp3) is 0.241. The average molecular weight is 891 g/mol. The maximum Gasteiger partial charge on any atom is 0.335 e. The minimum absolute atomic E-state index is 0.186. The predicted molar refractivity (Wildman–Crippen MR) is 278 cm³/mol. The Balaban J connectivity index is 1.44. The van der Waals surface area contributed by atoms with E-state index in [0.29, 0.717) is 13.2 Å². The fourth-order valence-corrected chi connectivity index (χ4v) is 12.2. The van der Waals surface area contributed by atoms with Gasteiger partial charge in [0.05, 0.1) is 42.2 Å². The normalized spacial score (nSPS) is 12.4. The van der Waals surface area contributed by atoms with Crippen molar-refractivity contribution in [1.29, 1.82) is 0 Å². The van der Waals surface area contributed by atoms with E-state index in [1.165, 1.54) is 55.6 Å². The van der Waals surface area contributed by atoms with Crippen LogP contribution in [-0.2, 0) is 19.8 Å². The second kappa shape index (κ2) is 17.8. The maximum atomic E-state index is 13.6. The summed E-state index contributed by atoms with van der Waals surface area (Å²) in [6.07, 6.45) is 8.84. The van der Waals surface area contributed by atoms with E-state index < -0.39 is 7.60 Å². The molecule has 0 saturated heterocycles. The average Bonchev–Trinajstić information content (AvgIpc) is 4.09. The number of nitrogens with zero attached hydrogens (tertiary/aromatic N) is 2. The number of hydrogen-bond donors (Lipinski definition) is 2. The molecule has 5 heterocycles. The number of aromatic nitrogens is 4. The Morgan fingerprint density at radius 2 is 0.727 bits per heavy atom. The van der Waals surface area contributed by atoms with Gasteiger partial charge in [-0.05, 0) is 186 Å². The first-order valence-corrected chi connectivity index (χ1v) is 24.8. The first kappa shape index (κ1) is 44.8. The topological polar surface area (TPSA) is 92.9 Å². The Kier molecular flexibility index (Phi) is 12.1. The Hall–Kier alpha value is -6.37. The van der Waals surface area contributed by atoms with Crippen LogP contribution in [0.25, 0.3) is 90.9 Å². The van der Waals surface area contributed by atoms with Gasteiger partial charge >= 0.3 is 7.60 Å². The molecule has 0 saturated carbocycles. The van der Waals surface area contributed by atoms with E-state index in [0.717, 1.165) is 89.4 Å². The molecule has 2 aliphatic rings. The molecule has 0 unspecified atom stereocenters. The highest BCUT2D eigenvalue weighted by atomic mass is 31.2. The van der Waals surface area contributed by atoms with Gasteiger partial charge in [-0.3, -0.25) is 4.57 Å². The summed E-state index contributed by atoms with van der Waals surface area (Å²) in [5.41, 5.74) is 27.5. The van der Waals surface area contributed by atoms with Gasteiger partial charge in [0.2, 0.25) is 0 Å². The van der Waals surface area contributed by atoms with E-state index in [-0.39, 0.29) is 6.16 Å². The summed E-state index contributed by atoms with van der Waals surface area (Å²) in [5, 5.41) is 0. The fourth-order valence-electron chi connectivity index (χ4n) is 10.5. The van der Waals surface area contributed by atoms with Gasteiger partial charge in [-0.15, -0.1) is 0 Å². The van der Waals surface area contributed by atoms with Gasteiger partial charge in [-0.1, -0.05) is 77.4 Å². The summed E-state index contributed by atoms with van der Waals surface area (Å²) in [4.78, 5) is 19.1. The largest absolute Gasteiger partial charge is 0.354 e. The highest BCUT2D eigenvalue weighted by molar-refractivity contribution is 7.53. The van der Waals surface area contributed by atoms with Gasteiger partial charge in [0, 0.05) is 44.3 Å². The molecule has 7 aromatic rings. The zero-order valence-electron chi connectivity index (χ0n) is 40.1. The molecule has 7 nitrogen and oxygen atoms in total. The number of rotatable bonds is 10. The molecular formula is C58H59N4O3P. The van der Waals surface area contributed by atoms with Crippen LogP contribution in [0.2, 0.25) is 0 Å². The number of hydrogen-bond acceptors (Lipinski definition) is 5. The number of benzene rings is 4. The molecule has 0 aliphatic carbocycles. The Labute approximate surface area is 389 Å². The lowest BCUT2D eigenvalue weighted by atomic mass is 9.92. The van der Waals surface area contributed by atoms with Crippen LogP contribution in [0.15, 0.2) is 84.9 Å². The monoisotopic (exact) mass is 890 g/mol. The van der Waals surface area contributed by atoms with Crippen molar-refractivity contribution in [1.82, 2.24) is 19.9 Å². The maximum absolute atomic E-state index is 13.6. The van der Waals surface area contributed by atoms with Crippen LogP contribution in [0.1, 0.15) is 92.3 Å². The molecule has 2 N–H and O–H groups in total. The molecule has 0 spiro atoms. The number of fused-ring (bicyclic) bond motifs is 8. The number of aryl methyl sites for hydroxylation is 9. The third-order valence-electron chi connectivity index (χ3n) is 12.8. The first-order valence-electron chi connectivity index (χ1n) is 23.0. The summed E-state index contributed by atoms with van der Waals surface area (Å²) >= 11 is 0. The van der Waals surface area contributed by atoms with Crippen LogP contribution in [0.5, 0.6) is 0 Å². The van der Waals surface area contributed by atoms with Crippen molar-refractivity contribution >= 4 is 54.0 Å². The standard InChI is InChI=1S/C58H59N4O3P/c1-12-64-66(63,65-13-2)32-42-14-16-43(17-15-42)55-44-18-20-46(59-44)56(52-36(6)26-33(3)27-37(52)7)48-22-24-50(61-48)58(54-40(10)30-35(5)31-41(54)11)51-25-23-49(62-51)57(47-21-19-45(55)60-47)53-38(8)28-34(4)29-39(53)9/h14-31,59,62H,12-13,32H2,1-11H3. The van der Waals surface area contributed by atoms with Gasteiger partial charge in [0.1, 0.15) is 0 Å². The van der Waals surface area contributed by atoms with Gasteiger partial charge < -0.3 is 19.0 Å². The predicted octanol–water partition coefficient (Wildman–Crippen LogP) is 15.9. The van der Waals surface area contributed by atoms with Crippen molar-refractivity contribution in [2.24, 2.45) is 0 Å². The third-order valence-corrected chi connectivity index (χ3v) is 14.9. The molecule has 0 amide bonds. The van der Waals surface area contributed by atoms with Crippen molar-refractivity contribution in [3.8, 4) is 44.5 Å². The lowest BCUT2D eigenvalue weighted by molar-refractivity contribution is 0.219. The Morgan fingerprint density at radius 3 is 1.05 bits per heavy atom. The smallest absolute Gasteiger partial charge is 0.335 e. The molecule has 0 atom stereocenters. The lowest BCUT2D eigenvalue weighted by Gasteiger charge is -2.17. The van der Waals surface area contributed by atoms with E-state index in [4.69, 9.17) is 19.0 Å². The molecule has 2 aliphatic heterocycles. The molecule has 0 fully saturated rings. The van der Waals surface area contributed by atoms with Crippen LogP contribution in [0.4, 0.5) is 0 Å². The van der Waals surface area contributed by atoms with E-state index in [1.54, 1.807) is 0 Å². The summed E-state index contributed by atoms with van der Waals surface area (Å²) < 4.78 is 25.0. The SMILES string of the molecule is CCOP(=O)(Cc1ccc(-c2c3nc(c(-c4c(C)cc(C)cc4C)c4ccc([nH]4)c(-c4c(C)cc(C)cc4C)c4nc(c(-c5c(C)cc(C)cc5C)c5ccc2[nH]5)C=C4)C=C3)cc1)OCC. The molecule has 4 aromatic carbocycles. The van der Waals surface area contributed by atoms with Crippen molar-refractivity contribution in [2.75, 3.05) is 13.2 Å². The van der Waals surface area contributed by atoms with Gasteiger partial charge in [-0.2, -0.15) is 0 Å². The molecule has 3 aromatic heterocycles. The number of aromatic amines is 2.